The predicted octanol–water partition coefficient (Wildman–Crippen LogP) is 1.85. The van der Waals surface area contributed by atoms with Crippen LogP contribution in [0.1, 0.15) is 11.1 Å². The van der Waals surface area contributed by atoms with Crippen LogP contribution < -0.4 is 0 Å². The molecule has 1 radical (unpaired) electrons. The van der Waals surface area contributed by atoms with Gasteiger partial charge >= 0.3 is 0 Å². The topological polar surface area (TPSA) is 41.6 Å². The normalized spacial score (nSPS) is 9.71. The van der Waals surface area contributed by atoms with Gasteiger partial charge in [0.05, 0.1) is 23.5 Å². The molecule has 0 N–H and O–H groups in total. The summed E-state index contributed by atoms with van der Waals surface area (Å²) in [5.41, 5.74) is 2.67. The summed E-state index contributed by atoms with van der Waals surface area (Å²) in [5.74, 6) is 0. The van der Waals surface area contributed by atoms with E-state index in [4.69, 9.17) is 5.26 Å². The lowest BCUT2D eigenvalue weighted by Crippen LogP contribution is -1.97. The minimum Gasteiger partial charge on any atom is -0.240 e. The van der Waals surface area contributed by atoms with Crippen LogP contribution in [-0.4, -0.2) is 9.78 Å². The maximum atomic E-state index is 8.70. The van der Waals surface area contributed by atoms with E-state index in [1.807, 2.05) is 19.1 Å². The second-order valence-electron chi connectivity index (χ2n) is 3.00. The van der Waals surface area contributed by atoms with E-state index in [2.05, 4.69) is 17.2 Å². The van der Waals surface area contributed by atoms with Crippen LogP contribution in [0.2, 0.25) is 0 Å². The molecule has 14 heavy (non-hydrogen) atoms. The Hall–Kier alpha value is -2.08. The number of aryl methyl sites for hydroxylation is 1. The third kappa shape index (κ3) is 1.38. The second-order valence-corrected chi connectivity index (χ2v) is 3.00. The minimum atomic E-state index is 0.669. The van der Waals surface area contributed by atoms with Crippen LogP contribution in [0.25, 0.3) is 5.69 Å². The van der Waals surface area contributed by atoms with Crippen molar-refractivity contribution in [1.82, 2.24) is 9.78 Å². The fourth-order valence-electron chi connectivity index (χ4n) is 1.35. The highest BCUT2D eigenvalue weighted by atomic mass is 15.3. The first-order valence-corrected chi connectivity index (χ1v) is 4.23. The van der Waals surface area contributed by atoms with Crippen LogP contribution in [-0.2, 0) is 0 Å². The van der Waals surface area contributed by atoms with Gasteiger partial charge in [-0.1, -0.05) is 0 Å². The van der Waals surface area contributed by atoms with Crippen molar-refractivity contribution in [3.8, 4) is 11.8 Å². The third-order valence-corrected chi connectivity index (χ3v) is 2.03. The maximum absolute atomic E-state index is 8.70. The number of aromatic nitrogens is 2. The Morgan fingerprint density at radius 3 is 2.93 bits per heavy atom. The SMILES string of the molecule is Cc1cc(C#N)ccc1-n1c[c]cn1. The van der Waals surface area contributed by atoms with Gasteiger partial charge in [0.15, 0.2) is 0 Å². The molecule has 3 heteroatoms. The van der Waals surface area contributed by atoms with Crippen molar-refractivity contribution in [3.05, 3.63) is 47.8 Å². The summed E-state index contributed by atoms with van der Waals surface area (Å²) in [4.78, 5) is 0. The summed E-state index contributed by atoms with van der Waals surface area (Å²) in [7, 11) is 0. The summed E-state index contributed by atoms with van der Waals surface area (Å²) >= 11 is 0. The Bertz CT molecular complexity index is 478. The van der Waals surface area contributed by atoms with E-state index in [-0.39, 0.29) is 0 Å². The quantitative estimate of drug-likeness (QED) is 0.675. The second kappa shape index (κ2) is 3.35. The average Bonchev–Trinajstić information content (AvgIpc) is 2.70. The fourth-order valence-corrected chi connectivity index (χ4v) is 1.35. The zero-order valence-electron chi connectivity index (χ0n) is 7.73. The number of hydrogen-bond acceptors (Lipinski definition) is 2. The molecule has 3 nitrogen and oxygen atoms in total. The molecule has 0 unspecified atom stereocenters. The summed E-state index contributed by atoms with van der Waals surface area (Å²) in [6.45, 7) is 1.96. The van der Waals surface area contributed by atoms with Crippen LogP contribution in [0.4, 0.5) is 0 Å². The number of rotatable bonds is 1. The van der Waals surface area contributed by atoms with Crippen LogP contribution in [0.5, 0.6) is 0 Å². The molecule has 0 aliphatic rings. The zero-order valence-corrected chi connectivity index (χ0v) is 7.73. The van der Waals surface area contributed by atoms with E-state index in [1.54, 1.807) is 23.1 Å². The monoisotopic (exact) mass is 182 g/mol. The highest BCUT2D eigenvalue weighted by Gasteiger charge is 2.01. The third-order valence-electron chi connectivity index (χ3n) is 2.03. The van der Waals surface area contributed by atoms with Crippen LogP contribution in [0, 0.1) is 24.3 Å². The van der Waals surface area contributed by atoms with Crippen LogP contribution in [0.15, 0.2) is 30.6 Å². The molecule has 0 bridgehead atoms. The van der Waals surface area contributed by atoms with Gasteiger partial charge in [-0.3, -0.25) is 0 Å². The number of benzene rings is 1. The molecule has 0 amide bonds. The van der Waals surface area contributed by atoms with Crippen molar-refractivity contribution >= 4 is 0 Å². The smallest absolute Gasteiger partial charge is 0.0991 e. The molecule has 0 fully saturated rings. The Balaban J connectivity index is 2.52. The standard InChI is InChI=1S/C11H8N3/c1-9-7-10(8-12)3-4-11(9)14-6-2-5-13-14/h3-7H,1H3. The summed E-state index contributed by atoms with van der Waals surface area (Å²) < 4.78 is 1.73. The van der Waals surface area contributed by atoms with Gasteiger partial charge in [-0.25, -0.2) is 4.68 Å². The lowest BCUT2D eigenvalue weighted by Gasteiger charge is -2.05. The molecule has 0 aliphatic carbocycles. The van der Waals surface area contributed by atoms with E-state index >= 15 is 0 Å². The Kier molecular flexibility index (Phi) is 2.04. The van der Waals surface area contributed by atoms with Gasteiger partial charge in [-0.05, 0) is 30.7 Å². The number of nitrogens with zero attached hydrogens (tertiary/aromatic N) is 3. The zero-order chi connectivity index (χ0) is 9.97. The van der Waals surface area contributed by atoms with Crippen molar-refractivity contribution in [3.63, 3.8) is 0 Å². The number of nitriles is 1. The molecule has 1 aromatic carbocycles. The number of hydrogen-bond donors (Lipinski definition) is 0. The van der Waals surface area contributed by atoms with Crippen molar-refractivity contribution in [2.75, 3.05) is 0 Å². The van der Waals surface area contributed by atoms with E-state index in [9.17, 15) is 0 Å². The Morgan fingerprint density at radius 2 is 2.36 bits per heavy atom. The van der Waals surface area contributed by atoms with Gasteiger partial charge in [0.1, 0.15) is 0 Å². The first-order valence-electron chi connectivity index (χ1n) is 4.23. The van der Waals surface area contributed by atoms with Gasteiger partial charge < -0.3 is 0 Å². The molecular formula is C11H8N3. The Labute approximate surface area is 82.2 Å². The molecule has 2 rings (SSSR count). The van der Waals surface area contributed by atoms with E-state index in [0.717, 1.165) is 11.3 Å². The summed E-state index contributed by atoms with van der Waals surface area (Å²) in [5, 5.41) is 12.8. The molecule has 0 aliphatic heterocycles. The fraction of sp³-hybridized carbons (Fsp3) is 0.0909. The van der Waals surface area contributed by atoms with E-state index in [0.29, 0.717) is 5.56 Å². The molecule has 0 spiro atoms. The van der Waals surface area contributed by atoms with Crippen LogP contribution >= 0.6 is 0 Å². The summed E-state index contributed by atoms with van der Waals surface area (Å²) in [6, 6.07) is 10.5. The average molecular weight is 182 g/mol. The van der Waals surface area contributed by atoms with E-state index in [1.165, 1.54) is 0 Å². The van der Waals surface area contributed by atoms with Gasteiger partial charge in [0.2, 0.25) is 0 Å². The van der Waals surface area contributed by atoms with Gasteiger partial charge in [-0.15, -0.1) is 0 Å². The lowest BCUT2D eigenvalue weighted by atomic mass is 10.1. The maximum Gasteiger partial charge on any atom is 0.0991 e. The van der Waals surface area contributed by atoms with Gasteiger partial charge in [-0.2, -0.15) is 10.4 Å². The Morgan fingerprint density at radius 1 is 1.50 bits per heavy atom. The highest BCUT2D eigenvalue weighted by molar-refractivity contribution is 5.45. The van der Waals surface area contributed by atoms with Crippen LogP contribution in [0.3, 0.4) is 0 Å². The summed E-state index contributed by atoms with van der Waals surface area (Å²) in [6.07, 6.45) is 3.37. The molecule has 67 valence electrons. The van der Waals surface area contributed by atoms with Crippen molar-refractivity contribution < 1.29 is 0 Å². The van der Waals surface area contributed by atoms with Crippen molar-refractivity contribution in [1.29, 1.82) is 5.26 Å². The van der Waals surface area contributed by atoms with Crippen molar-refractivity contribution in [2.24, 2.45) is 0 Å². The molecular weight excluding hydrogens is 174 g/mol. The molecule has 1 heterocycles. The van der Waals surface area contributed by atoms with Gasteiger partial charge in [0.25, 0.3) is 0 Å². The minimum absolute atomic E-state index is 0.669. The lowest BCUT2D eigenvalue weighted by molar-refractivity contribution is 0.872. The molecule has 1 aromatic heterocycles. The largest absolute Gasteiger partial charge is 0.240 e. The molecule has 0 saturated carbocycles. The molecule has 2 aromatic rings. The molecule has 0 saturated heterocycles. The van der Waals surface area contributed by atoms with E-state index < -0.39 is 0 Å². The highest BCUT2D eigenvalue weighted by Crippen LogP contribution is 2.13. The predicted molar refractivity (Wildman–Crippen MR) is 51.9 cm³/mol. The first-order chi connectivity index (χ1) is 6.81. The van der Waals surface area contributed by atoms with Gasteiger partial charge in [0, 0.05) is 12.3 Å². The first kappa shape index (κ1) is 8.52. The molecule has 0 atom stereocenters. The van der Waals surface area contributed by atoms with Crippen molar-refractivity contribution in [2.45, 2.75) is 6.92 Å².